The quantitative estimate of drug-likeness (QED) is 0.631. The van der Waals surface area contributed by atoms with Crippen LogP contribution in [-0.2, 0) is 9.59 Å². The van der Waals surface area contributed by atoms with E-state index in [1.54, 1.807) is 0 Å². The van der Waals surface area contributed by atoms with E-state index in [1.807, 2.05) is 6.92 Å². The number of nitrogens with two attached hydrogens (primary N) is 2. The molecule has 0 spiro atoms. The maximum absolute atomic E-state index is 11.7. The summed E-state index contributed by atoms with van der Waals surface area (Å²) < 4.78 is 0. The molecule has 0 radical (unpaired) electrons. The van der Waals surface area contributed by atoms with Crippen molar-refractivity contribution in [3.8, 4) is 0 Å². The third-order valence-electron chi connectivity index (χ3n) is 3.14. The predicted octanol–water partition coefficient (Wildman–Crippen LogP) is 0.0281. The Balaban J connectivity index is 2.45. The fraction of sp³-hybridized carbons (Fsp3) is 0.818. The highest BCUT2D eigenvalue weighted by Gasteiger charge is 2.30. The monoisotopic (exact) mass is 227 g/mol. The number of amides is 2. The summed E-state index contributed by atoms with van der Waals surface area (Å²) in [5, 5.41) is 2.93. The largest absolute Gasteiger partial charge is 0.370 e. The first-order chi connectivity index (χ1) is 7.43. The van der Waals surface area contributed by atoms with Gasteiger partial charge in [-0.1, -0.05) is 19.3 Å². The van der Waals surface area contributed by atoms with E-state index in [1.165, 1.54) is 6.42 Å². The number of rotatable bonds is 4. The van der Waals surface area contributed by atoms with Crippen molar-refractivity contribution in [2.75, 3.05) is 0 Å². The molecule has 1 rings (SSSR count). The summed E-state index contributed by atoms with van der Waals surface area (Å²) in [4.78, 5) is 22.4. The van der Waals surface area contributed by atoms with Crippen LogP contribution < -0.4 is 16.8 Å². The fourth-order valence-corrected chi connectivity index (χ4v) is 2.16. The average Bonchev–Trinajstić information content (AvgIpc) is 2.16. The van der Waals surface area contributed by atoms with Gasteiger partial charge in [0.2, 0.25) is 11.8 Å². The van der Waals surface area contributed by atoms with E-state index in [4.69, 9.17) is 11.5 Å². The van der Waals surface area contributed by atoms with Crippen LogP contribution in [0.2, 0.25) is 0 Å². The van der Waals surface area contributed by atoms with E-state index >= 15 is 0 Å². The van der Waals surface area contributed by atoms with Gasteiger partial charge in [0.25, 0.3) is 0 Å². The highest BCUT2D eigenvalue weighted by molar-refractivity contribution is 5.87. The maximum Gasteiger partial charge on any atom is 0.237 e. The van der Waals surface area contributed by atoms with Crippen LogP contribution in [0.1, 0.15) is 45.4 Å². The second kappa shape index (κ2) is 5.30. The van der Waals surface area contributed by atoms with Gasteiger partial charge in [-0.15, -0.1) is 0 Å². The zero-order chi connectivity index (χ0) is 12.2. The topological polar surface area (TPSA) is 98.2 Å². The average molecular weight is 227 g/mol. The summed E-state index contributed by atoms with van der Waals surface area (Å²) in [6.45, 7) is 2.03. The van der Waals surface area contributed by atoms with E-state index in [0.717, 1.165) is 25.7 Å². The van der Waals surface area contributed by atoms with Gasteiger partial charge in [0.1, 0.15) is 0 Å². The molecule has 0 saturated heterocycles. The third-order valence-corrected chi connectivity index (χ3v) is 3.14. The van der Waals surface area contributed by atoms with Crippen LogP contribution in [0.4, 0.5) is 0 Å². The highest BCUT2D eigenvalue weighted by atomic mass is 16.2. The Morgan fingerprint density at radius 3 is 2.38 bits per heavy atom. The molecule has 5 nitrogen and oxygen atoms in total. The normalized spacial score (nSPS) is 21.1. The Hall–Kier alpha value is -1.10. The summed E-state index contributed by atoms with van der Waals surface area (Å²) in [7, 11) is 0. The van der Waals surface area contributed by atoms with Gasteiger partial charge in [0, 0.05) is 5.54 Å². The molecule has 16 heavy (non-hydrogen) atoms. The number of carbonyl (C=O) groups excluding carboxylic acids is 2. The maximum atomic E-state index is 11.7. The zero-order valence-corrected chi connectivity index (χ0v) is 9.79. The lowest BCUT2D eigenvalue weighted by molar-refractivity contribution is -0.127. The first-order valence-corrected chi connectivity index (χ1v) is 5.79. The molecule has 5 heteroatoms. The molecule has 1 atom stereocenters. The standard InChI is InChI=1S/C11H21N3O2/c1-11(5-3-2-4-6-11)14-10(16)8(12)7-9(13)15/h8H,2-7,12H2,1H3,(H2,13,15)(H,14,16). The lowest BCUT2D eigenvalue weighted by atomic mass is 9.83. The van der Waals surface area contributed by atoms with Crippen molar-refractivity contribution in [2.45, 2.75) is 57.0 Å². The molecule has 1 saturated carbocycles. The van der Waals surface area contributed by atoms with Gasteiger partial charge in [0.05, 0.1) is 12.5 Å². The number of hydrogen-bond acceptors (Lipinski definition) is 3. The summed E-state index contributed by atoms with van der Waals surface area (Å²) in [5.41, 5.74) is 10.4. The Labute approximate surface area is 95.9 Å². The van der Waals surface area contributed by atoms with Crippen molar-refractivity contribution in [1.82, 2.24) is 5.32 Å². The van der Waals surface area contributed by atoms with E-state index in [2.05, 4.69) is 5.32 Å². The molecule has 5 N–H and O–H groups in total. The second-order valence-corrected chi connectivity index (χ2v) is 4.89. The van der Waals surface area contributed by atoms with Crippen molar-refractivity contribution >= 4 is 11.8 Å². The molecule has 0 bridgehead atoms. The predicted molar refractivity (Wildman–Crippen MR) is 61.4 cm³/mol. The summed E-state index contributed by atoms with van der Waals surface area (Å²) >= 11 is 0. The van der Waals surface area contributed by atoms with Crippen LogP contribution in [0.15, 0.2) is 0 Å². The lowest BCUT2D eigenvalue weighted by Crippen LogP contribution is -2.53. The minimum atomic E-state index is -0.823. The molecule has 0 aromatic heterocycles. The van der Waals surface area contributed by atoms with Crippen molar-refractivity contribution < 1.29 is 9.59 Å². The van der Waals surface area contributed by atoms with Crippen molar-refractivity contribution in [1.29, 1.82) is 0 Å². The van der Waals surface area contributed by atoms with E-state index < -0.39 is 11.9 Å². The molecule has 1 fully saturated rings. The third kappa shape index (κ3) is 3.81. The van der Waals surface area contributed by atoms with Crippen LogP contribution in [0.5, 0.6) is 0 Å². The SMILES string of the molecule is CC1(NC(=O)C(N)CC(N)=O)CCCCC1. The number of primary amides is 1. The van der Waals surface area contributed by atoms with E-state index in [9.17, 15) is 9.59 Å². The van der Waals surface area contributed by atoms with Crippen molar-refractivity contribution in [3.63, 3.8) is 0 Å². The van der Waals surface area contributed by atoms with Gasteiger partial charge in [-0.3, -0.25) is 9.59 Å². The van der Waals surface area contributed by atoms with Gasteiger partial charge >= 0.3 is 0 Å². The van der Waals surface area contributed by atoms with Gasteiger partial charge in [-0.2, -0.15) is 0 Å². The van der Waals surface area contributed by atoms with Crippen LogP contribution in [0.25, 0.3) is 0 Å². The summed E-state index contributed by atoms with van der Waals surface area (Å²) in [5.74, 6) is -0.820. The molecular formula is C11H21N3O2. The summed E-state index contributed by atoms with van der Waals surface area (Å²) in [6, 6.07) is -0.823. The van der Waals surface area contributed by atoms with Crippen molar-refractivity contribution in [2.24, 2.45) is 11.5 Å². The van der Waals surface area contributed by atoms with Gasteiger partial charge in [0.15, 0.2) is 0 Å². The molecule has 92 valence electrons. The number of hydrogen-bond donors (Lipinski definition) is 3. The van der Waals surface area contributed by atoms with Gasteiger partial charge < -0.3 is 16.8 Å². The molecular weight excluding hydrogens is 206 g/mol. The van der Waals surface area contributed by atoms with Crippen LogP contribution in [0.3, 0.4) is 0 Å². The second-order valence-electron chi connectivity index (χ2n) is 4.89. The van der Waals surface area contributed by atoms with Crippen LogP contribution >= 0.6 is 0 Å². The Bertz CT molecular complexity index is 272. The lowest BCUT2D eigenvalue weighted by Gasteiger charge is -2.35. The zero-order valence-electron chi connectivity index (χ0n) is 9.79. The molecule has 1 aliphatic carbocycles. The molecule has 0 aromatic carbocycles. The Morgan fingerprint density at radius 2 is 1.88 bits per heavy atom. The molecule has 0 aliphatic heterocycles. The Kier molecular flexibility index (Phi) is 4.29. The minimum absolute atomic E-state index is 0.0953. The smallest absolute Gasteiger partial charge is 0.237 e. The van der Waals surface area contributed by atoms with Crippen LogP contribution in [0, 0.1) is 0 Å². The first-order valence-electron chi connectivity index (χ1n) is 5.79. The highest BCUT2D eigenvalue weighted by Crippen LogP contribution is 2.27. The molecule has 0 heterocycles. The van der Waals surface area contributed by atoms with Gasteiger partial charge in [-0.25, -0.2) is 0 Å². The van der Waals surface area contributed by atoms with Gasteiger partial charge in [-0.05, 0) is 19.8 Å². The molecule has 0 aromatic rings. The van der Waals surface area contributed by atoms with Crippen molar-refractivity contribution in [3.05, 3.63) is 0 Å². The van der Waals surface area contributed by atoms with E-state index in [-0.39, 0.29) is 17.9 Å². The minimum Gasteiger partial charge on any atom is -0.370 e. The molecule has 1 unspecified atom stereocenters. The fourth-order valence-electron chi connectivity index (χ4n) is 2.16. The summed E-state index contributed by atoms with van der Waals surface area (Å²) in [6.07, 6.45) is 5.33. The van der Waals surface area contributed by atoms with Crippen LogP contribution in [-0.4, -0.2) is 23.4 Å². The Morgan fingerprint density at radius 1 is 1.31 bits per heavy atom. The number of nitrogens with one attached hydrogen (secondary N) is 1. The van der Waals surface area contributed by atoms with E-state index in [0.29, 0.717) is 0 Å². The molecule has 1 aliphatic rings. The first kappa shape index (κ1) is 13.0. The molecule has 2 amide bonds. The number of carbonyl (C=O) groups is 2.